The molecule has 16 heavy (non-hydrogen) atoms. The highest BCUT2D eigenvalue weighted by atomic mass is 32.2. The van der Waals surface area contributed by atoms with E-state index in [2.05, 4.69) is 6.92 Å². The van der Waals surface area contributed by atoms with Crippen molar-refractivity contribution < 1.29 is 18.8 Å². The number of hydrogen-bond acceptors (Lipinski definition) is 4. The van der Waals surface area contributed by atoms with E-state index < -0.39 is 11.2 Å². The van der Waals surface area contributed by atoms with Gasteiger partial charge in [0, 0.05) is 12.1 Å². The van der Waals surface area contributed by atoms with Crippen molar-refractivity contribution in [3.8, 4) is 17.2 Å². The van der Waals surface area contributed by atoms with Gasteiger partial charge in [0.2, 0.25) is 5.75 Å². The summed E-state index contributed by atoms with van der Waals surface area (Å²) in [7, 11) is 4.57. The van der Waals surface area contributed by atoms with E-state index in [4.69, 9.17) is 14.2 Å². The molecule has 1 aromatic rings. The third-order valence-corrected chi connectivity index (χ3v) is 3.22. The Hall–Kier alpha value is -1.07. The average molecular weight is 243 g/mol. The summed E-state index contributed by atoms with van der Waals surface area (Å²) in [5.41, 5.74) is 0. The molecule has 0 amide bonds. The van der Waals surface area contributed by atoms with Gasteiger partial charge >= 0.3 is 0 Å². The first-order valence-corrected chi connectivity index (χ1v) is 5.97. The van der Waals surface area contributed by atoms with Gasteiger partial charge in [-0.1, -0.05) is 0 Å². The molecule has 0 saturated heterocycles. The van der Waals surface area contributed by atoms with E-state index in [1.54, 1.807) is 12.1 Å². The van der Waals surface area contributed by atoms with Crippen molar-refractivity contribution in [2.75, 3.05) is 27.1 Å². The van der Waals surface area contributed by atoms with Gasteiger partial charge in [-0.2, -0.15) is 0 Å². The Morgan fingerprint density at radius 3 is 1.94 bits per heavy atom. The van der Waals surface area contributed by atoms with E-state index in [9.17, 15) is 4.55 Å². The third kappa shape index (κ3) is 2.54. The molecule has 0 aliphatic carbocycles. The Bertz CT molecular complexity index is 329. The molecule has 0 spiro atoms. The van der Waals surface area contributed by atoms with Crippen LogP contribution in [-0.4, -0.2) is 31.6 Å². The lowest BCUT2D eigenvalue weighted by atomic mass is 10.3. The standard InChI is InChI=1S/C11H15O4S/c1-5-16(12)8-6-9(13-2)11(15-4)10(7-8)14-3/h6-7H,1,5H2,2-4H3. The van der Waals surface area contributed by atoms with Gasteiger partial charge < -0.3 is 18.8 Å². The Morgan fingerprint density at radius 1 is 1.12 bits per heavy atom. The first-order valence-electron chi connectivity index (χ1n) is 4.65. The minimum absolute atomic E-state index is 0.304. The maximum Gasteiger partial charge on any atom is 0.203 e. The molecule has 0 saturated carbocycles. The second-order valence-corrected chi connectivity index (χ2v) is 4.48. The van der Waals surface area contributed by atoms with Crippen LogP contribution in [0, 0.1) is 6.92 Å². The van der Waals surface area contributed by atoms with Crippen molar-refractivity contribution in [2.24, 2.45) is 0 Å². The van der Waals surface area contributed by atoms with Crippen LogP contribution in [0.3, 0.4) is 0 Å². The van der Waals surface area contributed by atoms with Gasteiger partial charge in [0.1, 0.15) is 5.75 Å². The summed E-state index contributed by atoms with van der Waals surface area (Å²) in [6.45, 7) is 3.60. The average Bonchev–Trinajstić information content (AvgIpc) is 2.35. The van der Waals surface area contributed by atoms with E-state index in [1.807, 2.05) is 0 Å². The lowest BCUT2D eigenvalue weighted by Gasteiger charge is -2.15. The number of methoxy groups -OCH3 is 3. The van der Waals surface area contributed by atoms with Crippen molar-refractivity contribution in [3.05, 3.63) is 19.1 Å². The van der Waals surface area contributed by atoms with Crippen molar-refractivity contribution in [2.45, 2.75) is 4.90 Å². The molecular weight excluding hydrogens is 228 g/mol. The zero-order valence-electron chi connectivity index (χ0n) is 9.61. The van der Waals surface area contributed by atoms with E-state index in [0.29, 0.717) is 27.9 Å². The van der Waals surface area contributed by atoms with Crippen LogP contribution in [-0.2, 0) is 11.2 Å². The molecular formula is C11H15O4S. The highest BCUT2D eigenvalue weighted by molar-refractivity contribution is 7.91. The van der Waals surface area contributed by atoms with Crippen LogP contribution >= 0.6 is 0 Å². The monoisotopic (exact) mass is 243 g/mol. The molecule has 0 aliphatic rings. The van der Waals surface area contributed by atoms with Crippen LogP contribution < -0.4 is 14.2 Å². The highest BCUT2D eigenvalue weighted by Gasteiger charge is 2.18. The fraction of sp³-hybridized carbons (Fsp3) is 0.364. The Kier molecular flexibility index (Phi) is 4.76. The Balaban J connectivity index is 3.25. The molecule has 0 fully saturated rings. The molecule has 5 heteroatoms. The molecule has 0 aliphatic heterocycles. The van der Waals surface area contributed by atoms with Gasteiger partial charge in [0.05, 0.1) is 21.3 Å². The lowest BCUT2D eigenvalue weighted by Crippen LogP contribution is -2.05. The summed E-state index contributed by atoms with van der Waals surface area (Å²) < 4.78 is 27.1. The van der Waals surface area contributed by atoms with Crippen molar-refractivity contribution >= 4 is 11.2 Å². The van der Waals surface area contributed by atoms with E-state index >= 15 is 0 Å². The summed E-state index contributed by atoms with van der Waals surface area (Å²) in [5, 5.41) is 0. The van der Waals surface area contributed by atoms with Crippen molar-refractivity contribution in [1.29, 1.82) is 0 Å². The second-order valence-electron chi connectivity index (χ2n) is 2.91. The van der Waals surface area contributed by atoms with Gasteiger partial charge in [0.25, 0.3) is 0 Å². The molecule has 1 atom stereocenters. The highest BCUT2D eigenvalue weighted by Crippen LogP contribution is 2.39. The number of rotatable bonds is 5. The van der Waals surface area contributed by atoms with Crippen molar-refractivity contribution in [3.63, 3.8) is 0 Å². The number of ether oxygens (including phenoxy) is 3. The van der Waals surface area contributed by atoms with Crippen molar-refractivity contribution in [1.82, 2.24) is 0 Å². The van der Waals surface area contributed by atoms with Gasteiger partial charge in [0.15, 0.2) is 16.4 Å². The maximum absolute atomic E-state index is 11.6. The number of hydrogen-bond donors (Lipinski definition) is 0. The van der Waals surface area contributed by atoms with Crippen LogP contribution in [0.5, 0.6) is 17.2 Å². The van der Waals surface area contributed by atoms with Gasteiger partial charge in [-0.05, 0) is 18.1 Å². The first-order chi connectivity index (χ1) is 7.67. The van der Waals surface area contributed by atoms with E-state index in [0.717, 1.165) is 0 Å². The van der Waals surface area contributed by atoms with Crippen LogP contribution in [0.1, 0.15) is 0 Å². The predicted molar refractivity (Wildman–Crippen MR) is 62.7 cm³/mol. The fourth-order valence-corrected chi connectivity index (χ4v) is 2.02. The van der Waals surface area contributed by atoms with Crippen LogP contribution in [0.25, 0.3) is 0 Å². The summed E-state index contributed by atoms with van der Waals surface area (Å²) in [6, 6.07) is 3.34. The van der Waals surface area contributed by atoms with Gasteiger partial charge in [-0.3, -0.25) is 0 Å². The zero-order valence-corrected chi connectivity index (χ0v) is 10.4. The minimum atomic E-state index is -1.15. The quantitative estimate of drug-likeness (QED) is 0.738. The molecule has 0 N–H and O–H groups in total. The summed E-state index contributed by atoms with van der Waals surface area (Å²) in [5.74, 6) is 1.80. The van der Waals surface area contributed by atoms with Gasteiger partial charge in [-0.25, -0.2) is 0 Å². The molecule has 4 nitrogen and oxygen atoms in total. The third-order valence-electron chi connectivity index (χ3n) is 2.09. The summed E-state index contributed by atoms with van der Waals surface area (Å²) in [4.78, 5) is 0.615. The lowest BCUT2D eigenvalue weighted by molar-refractivity contribution is 0.323. The smallest absolute Gasteiger partial charge is 0.203 e. The molecule has 0 aromatic heterocycles. The molecule has 0 heterocycles. The topological polar surface area (TPSA) is 50.8 Å². The Morgan fingerprint density at radius 2 is 1.62 bits per heavy atom. The normalized spacial score (nSPS) is 12.1. The molecule has 1 rings (SSSR count). The van der Waals surface area contributed by atoms with E-state index in [1.165, 1.54) is 21.3 Å². The molecule has 1 aromatic carbocycles. The first kappa shape index (κ1) is 13.0. The zero-order chi connectivity index (χ0) is 12.1. The fourth-order valence-electron chi connectivity index (χ4n) is 1.31. The van der Waals surface area contributed by atoms with E-state index in [-0.39, 0.29) is 0 Å². The maximum atomic E-state index is 11.6. The van der Waals surface area contributed by atoms with Crippen LogP contribution in [0.4, 0.5) is 0 Å². The molecule has 89 valence electrons. The molecule has 1 unspecified atom stereocenters. The van der Waals surface area contributed by atoms with Crippen LogP contribution in [0.15, 0.2) is 17.0 Å². The SMILES string of the molecule is [CH2]C[S+]([O-])c1cc(OC)c(OC)c(OC)c1. The van der Waals surface area contributed by atoms with Crippen LogP contribution in [0.2, 0.25) is 0 Å². The molecule has 1 radical (unpaired) electrons. The Labute approximate surface area is 98.7 Å². The number of benzene rings is 1. The summed E-state index contributed by atoms with van der Waals surface area (Å²) >= 11 is -1.15. The van der Waals surface area contributed by atoms with Gasteiger partial charge in [-0.15, -0.1) is 0 Å². The second kappa shape index (κ2) is 5.86. The minimum Gasteiger partial charge on any atom is -0.611 e. The molecule has 0 bridgehead atoms. The largest absolute Gasteiger partial charge is 0.611 e. The summed E-state index contributed by atoms with van der Waals surface area (Å²) in [6.07, 6.45) is 0. The predicted octanol–water partition coefficient (Wildman–Crippen LogP) is 1.65.